The lowest BCUT2D eigenvalue weighted by molar-refractivity contribution is -0.152. The van der Waals surface area contributed by atoms with Crippen LogP contribution in [0.5, 0.6) is 0 Å². The minimum atomic E-state index is -0.857. The van der Waals surface area contributed by atoms with Gasteiger partial charge in [0, 0.05) is 11.3 Å². The van der Waals surface area contributed by atoms with Crippen LogP contribution in [-0.4, -0.2) is 40.4 Å². The Morgan fingerprint density at radius 2 is 2.05 bits per heavy atom. The van der Waals surface area contributed by atoms with Gasteiger partial charge in [-0.15, -0.1) is 0 Å². The van der Waals surface area contributed by atoms with Crippen LogP contribution in [0, 0.1) is 17.3 Å². The van der Waals surface area contributed by atoms with E-state index in [9.17, 15) is 9.90 Å². The van der Waals surface area contributed by atoms with Gasteiger partial charge in [-0.25, -0.2) is 0 Å². The second-order valence-corrected chi connectivity index (χ2v) is 7.62. The van der Waals surface area contributed by atoms with Crippen LogP contribution >= 0.6 is 0 Å². The van der Waals surface area contributed by atoms with Crippen LogP contribution in [0.3, 0.4) is 0 Å². The normalized spacial score (nSPS) is 59.0. The Bertz CT molecular complexity index is 467. The van der Waals surface area contributed by atoms with Crippen LogP contribution in [0.2, 0.25) is 0 Å². The SMILES string of the molecule is C[C@@H]1CC[C@@H]2O[C@@]23C(=O)[C@H]2O[C@@H]2[C@@H](C(C)(C)O)[C@]13C. The first-order valence-electron chi connectivity index (χ1n) is 7.34. The van der Waals surface area contributed by atoms with Gasteiger partial charge in [-0.2, -0.15) is 0 Å². The molecule has 0 bridgehead atoms. The smallest absolute Gasteiger partial charge is 0.199 e. The molecule has 2 heterocycles. The third-order valence-electron chi connectivity index (χ3n) is 6.30. The summed E-state index contributed by atoms with van der Waals surface area (Å²) in [4.78, 5) is 12.7. The second-order valence-electron chi connectivity index (χ2n) is 7.62. The number of ketones is 1. The highest BCUT2D eigenvalue weighted by Gasteiger charge is 2.85. The number of hydrogen-bond acceptors (Lipinski definition) is 4. The molecule has 1 N–H and O–H groups in total. The van der Waals surface area contributed by atoms with Crippen molar-refractivity contribution in [2.24, 2.45) is 17.3 Å². The van der Waals surface area contributed by atoms with Crippen LogP contribution in [0.1, 0.15) is 40.5 Å². The molecular weight excluding hydrogens is 244 g/mol. The van der Waals surface area contributed by atoms with Gasteiger partial charge in [0.1, 0.15) is 6.10 Å². The number of epoxide rings is 2. The van der Waals surface area contributed by atoms with Gasteiger partial charge in [0.2, 0.25) is 0 Å². The van der Waals surface area contributed by atoms with E-state index in [0.717, 1.165) is 12.8 Å². The van der Waals surface area contributed by atoms with Crippen LogP contribution in [0.4, 0.5) is 0 Å². The maximum absolute atomic E-state index is 12.7. The summed E-state index contributed by atoms with van der Waals surface area (Å²) in [5, 5.41) is 10.6. The van der Waals surface area contributed by atoms with Crippen molar-refractivity contribution < 1.29 is 19.4 Å². The predicted octanol–water partition coefficient (Wildman–Crippen LogP) is 1.30. The molecule has 2 aliphatic carbocycles. The number of rotatable bonds is 1. The molecule has 1 spiro atoms. The maximum Gasteiger partial charge on any atom is 0.199 e. The molecule has 19 heavy (non-hydrogen) atoms. The quantitative estimate of drug-likeness (QED) is 0.727. The number of carbonyl (C=O) groups excluding carboxylic acids is 1. The average Bonchev–Trinajstić information content (AvgIpc) is 3.14. The van der Waals surface area contributed by atoms with Crippen LogP contribution in [-0.2, 0) is 14.3 Å². The minimum absolute atomic E-state index is 0.0389. The molecule has 4 heteroatoms. The maximum atomic E-state index is 12.7. The van der Waals surface area contributed by atoms with Gasteiger partial charge >= 0.3 is 0 Å². The molecule has 0 aromatic heterocycles. The second kappa shape index (κ2) is 3.07. The van der Waals surface area contributed by atoms with Crippen molar-refractivity contribution in [1.29, 1.82) is 0 Å². The molecule has 2 saturated carbocycles. The number of hydrogen-bond donors (Lipinski definition) is 1. The standard InChI is InChI=1S/C15H22O4/c1-7-5-6-8-15(19-8)12(16)10-9(18-10)11(13(2,3)17)14(7,15)4/h7-11,17H,5-6H2,1-4H3/t7-,8+,9+,10+,11+,14+,15-/m1/s1. The molecule has 106 valence electrons. The first-order valence-corrected chi connectivity index (χ1v) is 7.34. The lowest BCUT2D eigenvalue weighted by Gasteiger charge is -2.53. The minimum Gasteiger partial charge on any atom is -0.390 e. The third kappa shape index (κ3) is 1.16. The zero-order valence-corrected chi connectivity index (χ0v) is 12.0. The number of ether oxygens (including phenoxy) is 2. The summed E-state index contributed by atoms with van der Waals surface area (Å²) in [6, 6.07) is 0. The molecule has 4 nitrogen and oxygen atoms in total. The summed E-state index contributed by atoms with van der Waals surface area (Å²) in [7, 11) is 0. The molecule has 0 radical (unpaired) electrons. The van der Waals surface area contributed by atoms with Crippen LogP contribution in [0.25, 0.3) is 0 Å². The molecule has 0 aromatic rings. The lowest BCUT2D eigenvalue weighted by atomic mass is 9.48. The molecule has 4 rings (SSSR count). The van der Waals surface area contributed by atoms with E-state index >= 15 is 0 Å². The topological polar surface area (TPSA) is 62.4 Å². The van der Waals surface area contributed by atoms with E-state index in [4.69, 9.17) is 9.47 Å². The molecule has 2 aliphatic heterocycles. The van der Waals surface area contributed by atoms with Gasteiger partial charge in [0.15, 0.2) is 11.4 Å². The molecule has 4 fully saturated rings. The highest BCUT2D eigenvalue weighted by atomic mass is 16.6. The van der Waals surface area contributed by atoms with Crippen molar-refractivity contribution in [3.8, 4) is 0 Å². The van der Waals surface area contributed by atoms with Crippen molar-refractivity contribution in [3.63, 3.8) is 0 Å². The Labute approximate surface area is 113 Å². The Hall–Kier alpha value is -0.450. The molecule has 0 aromatic carbocycles. The van der Waals surface area contributed by atoms with E-state index in [1.54, 1.807) is 0 Å². The van der Waals surface area contributed by atoms with E-state index in [2.05, 4.69) is 13.8 Å². The number of fused-ring (bicyclic) bond motifs is 1. The van der Waals surface area contributed by atoms with Crippen molar-refractivity contribution in [3.05, 3.63) is 0 Å². The van der Waals surface area contributed by atoms with Gasteiger partial charge < -0.3 is 14.6 Å². The van der Waals surface area contributed by atoms with E-state index in [-0.39, 0.29) is 35.4 Å². The van der Waals surface area contributed by atoms with Crippen molar-refractivity contribution in [2.75, 3.05) is 0 Å². The summed E-state index contributed by atoms with van der Waals surface area (Å²) >= 11 is 0. The van der Waals surface area contributed by atoms with Crippen LogP contribution < -0.4 is 0 Å². The van der Waals surface area contributed by atoms with E-state index in [0.29, 0.717) is 5.92 Å². The number of carbonyl (C=O) groups is 1. The predicted molar refractivity (Wildman–Crippen MR) is 67.6 cm³/mol. The molecule has 4 aliphatic rings. The van der Waals surface area contributed by atoms with Gasteiger partial charge in [0.05, 0.1) is 17.8 Å². The van der Waals surface area contributed by atoms with Crippen molar-refractivity contribution >= 4 is 5.78 Å². The Morgan fingerprint density at radius 1 is 1.37 bits per heavy atom. The van der Waals surface area contributed by atoms with Crippen LogP contribution in [0.15, 0.2) is 0 Å². The molecule has 0 amide bonds. The summed E-state index contributed by atoms with van der Waals surface area (Å²) in [6.45, 7) is 8.00. The number of Topliss-reactive ketones (excluding diaryl/α,β-unsaturated/α-hetero) is 1. The van der Waals surface area contributed by atoms with Gasteiger partial charge in [-0.3, -0.25) is 4.79 Å². The third-order valence-corrected chi connectivity index (χ3v) is 6.30. The summed E-state index contributed by atoms with van der Waals surface area (Å²) in [5.41, 5.74) is -1.85. The van der Waals surface area contributed by atoms with Gasteiger partial charge in [-0.05, 0) is 32.6 Å². The highest BCUT2D eigenvalue weighted by molar-refractivity contribution is 5.99. The van der Waals surface area contributed by atoms with E-state index in [1.807, 2.05) is 13.8 Å². The van der Waals surface area contributed by atoms with Gasteiger partial charge in [-0.1, -0.05) is 13.8 Å². The zero-order chi connectivity index (χ0) is 13.8. The highest BCUT2D eigenvalue weighted by Crippen LogP contribution is 2.71. The van der Waals surface area contributed by atoms with E-state index < -0.39 is 11.2 Å². The molecule has 2 saturated heterocycles. The Balaban J connectivity index is 1.88. The fourth-order valence-corrected chi connectivity index (χ4v) is 5.29. The zero-order valence-electron chi connectivity index (χ0n) is 12.0. The molecule has 7 atom stereocenters. The summed E-state index contributed by atoms with van der Waals surface area (Å²) in [5.74, 6) is 0.455. The fraction of sp³-hybridized carbons (Fsp3) is 0.933. The average molecular weight is 266 g/mol. The first-order chi connectivity index (χ1) is 8.74. The lowest BCUT2D eigenvalue weighted by Crippen LogP contribution is -2.65. The summed E-state index contributed by atoms with van der Waals surface area (Å²) in [6.07, 6.45) is 1.61. The van der Waals surface area contributed by atoms with E-state index in [1.165, 1.54) is 0 Å². The monoisotopic (exact) mass is 266 g/mol. The van der Waals surface area contributed by atoms with Gasteiger partial charge in [0.25, 0.3) is 0 Å². The number of aliphatic hydroxyl groups is 1. The van der Waals surface area contributed by atoms with Crippen molar-refractivity contribution in [1.82, 2.24) is 0 Å². The largest absolute Gasteiger partial charge is 0.390 e. The Kier molecular flexibility index (Phi) is 1.99. The first kappa shape index (κ1) is 12.3. The van der Waals surface area contributed by atoms with Crippen molar-refractivity contribution in [2.45, 2.75) is 70.1 Å². The molecular formula is C15H22O4. The molecule has 0 unspecified atom stereocenters. The Morgan fingerprint density at radius 3 is 2.68 bits per heavy atom. The summed E-state index contributed by atoms with van der Waals surface area (Å²) < 4.78 is 11.6. The fourth-order valence-electron chi connectivity index (χ4n) is 5.29.